The molecule has 2 N–H and O–H groups in total. The lowest BCUT2D eigenvalue weighted by molar-refractivity contribution is -0.138. The molecule has 0 atom stereocenters. The molecule has 0 bridgehead atoms. The lowest BCUT2D eigenvalue weighted by Gasteiger charge is -2.33. The first-order valence-corrected chi connectivity index (χ1v) is 5.25. The number of carboxylic acids is 1. The Bertz CT molecular complexity index is 397. The maximum absolute atomic E-state index is 11.8. The molecule has 8 nitrogen and oxygen atoms in total. The van der Waals surface area contributed by atoms with Gasteiger partial charge in [-0.25, -0.2) is 4.98 Å². The Labute approximate surface area is 97.2 Å². The number of carboxylic acid groups (broad SMARTS) is 1. The molecular weight excluding hydrogens is 226 g/mol. The SMILES string of the molecule is O=C(O)CN1CCN(C(=O)c2ncn[nH]2)CC1. The lowest BCUT2D eigenvalue weighted by Crippen LogP contribution is -2.50. The molecule has 1 fully saturated rings. The van der Waals surface area contributed by atoms with Gasteiger partial charge in [0.1, 0.15) is 6.33 Å². The summed E-state index contributed by atoms with van der Waals surface area (Å²) in [5, 5.41) is 14.8. The van der Waals surface area contributed by atoms with Crippen LogP contribution in [0.2, 0.25) is 0 Å². The van der Waals surface area contributed by atoms with Crippen LogP contribution in [0.15, 0.2) is 6.33 Å². The molecule has 92 valence electrons. The Morgan fingerprint density at radius 1 is 1.35 bits per heavy atom. The minimum Gasteiger partial charge on any atom is -0.480 e. The van der Waals surface area contributed by atoms with Gasteiger partial charge in [0.2, 0.25) is 5.82 Å². The van der Waals surface area contributed by atoms with E-state index in [1.54, 1.807) is 9.80 Å². The highest BCUT2D eigenvalue weighted by molar-refractivity contribution is 5.90. The number of hydrogen-bond acceptors (Lipinski definition) is 5. The van der Waals surface area contributed by atoms with E-state index in [1.807, 2.05) is 0 Å². The number of nitrogens with one attached hydrogen (secondary N) is 1. The van der Waals surface area contributed by atoms with Gasteiger partial charge < -0.3 is 10.0 Å². The third kappa shape index (κ3) is 2.78. The molecule has 1 amide bonds. The fraction of sp³-hybridized carbons (Fsp3) is 0.556. The van der Waals surface area contributed by atoms with Crippen LogP contribution in [0, 0.1) is 0 Å². The van der Waals surface area contributed by atoms with Gasteiger partial charge in [-0.1, -0.05) is 0 Å². The third-order valence-electron chi connectivity index (χ3n) is 2.64. The second-order valence-electron chi connectivity index (χ2n) is 3.80. The van der Waals surface area contributed by atoms with Crippen molar-refractivity contribution in [2.75, 3.05) is 32.7 Å². The van der Waals surface area contributed by atoms with Gasteiger partial charge in [-0.15, -0.1) is 0 Å². The molecule has 0 unspecified atom stereocenters. The van der Waals surface area contributed by atoms with Crippen molar-refractivity contribution >= 4 is 11.9 Å². The molecule has 1 aromatic rings. The van der Waals surface area contributed by atoms with E-state index in [0.29, 0.717) is 26.2 Å². The summed E-state index contributed by atoms with van der Waals surface area (Å²) in [6.07, 6.45) is 1.29. The summed E-state index contributed by atoms with van der Waals surface area (Å²) in [5.41, 5.74) is 0. The fourth-order valence-electron chi connectivity index (χ4n) is 1.76. The molecule has 0 saturated carbocycles. The van der Waals surface area contributed by atoms with Crippen LogP contribution in [-0.2, 0) is 4.79 Å². The first-order valence-electron chi connectivity index (χ1n) is 5.25. The van der Waals surface area contributed by atoms with Crippen LogP contribution in [0.25, 0.3) is 0 Å². The number of carbonyl (C=O) groups is 2. The van der Waals surface area contributed by atoms with Gasteiger partial charge in [-0.05, 0) is 0 Å². The van der Waals surface area contributed by atoms with Crippen LogP contribution in [0.5, 0.6) is 0 Å². The summed E-state index contributed by atoms with van der Waals surface area (Å²) < 4.78 is 0. The Morgan fingerprint density at radius 2 is 2.06 bits per heavy atom. The van der Waals surface area contributed by atoms with Gasteiger partial charge in [0.15, 0.2) is 0 Å². The number of aliphatic carboxylic acids is 1. The number of amides is 1. The highest BCUT2D eigenvalue weighted by Crippen LogP contribution is 2.04. The van der Waals surface area contributed by atoms with Gasteiger partial charge >= 0.3 is 5.97 Å². The minimum absolute atomic E-state index is 0.0182. The number of hydrogen-bond donors (Lipinski definition) is 2. The van der Waals surface area contributed by atoms with E-state index in [2.05, 4.69) is 15.2 Å². The Balaban J connectivity index is 1.87. The summed E-state index contributed by atoms with van der Waals surface area (Å²) in [6, 6.07) is 0. The second-order valence-corrected chi connectivity index (χ2v) is 3.80. The molecule has 0 aliphatic carbocycles. The van der Waals surface area contributed by atoms with Crippen molar-refractivity contribution in [2.24, 2.45) is 0 Å². The van der Waals surface area contributed by atoms with Crippen molar-refractivity contribution in [1.82, 2.24) is 25.0 Å². The van der Waals surface area contributed by atoms with Crippen LogP contribution in [-0.4, -0.2) is 74.7 Å². The highest BCUT2D eigenvalue weighted by atomic mass is 16.4. The molecule has 2 heterocycles. The summed E-state index contributed by atoms with van der Waals surface area (Å²) in [7, 11) is 0. The maximum atomic E-state index is 11.8. The van der Waals surface area contributed by atoms with Crippen molar-refractivity contribution in [3.8, 4) is 0 Å². The van der Waals surface area contributed by atoms with Crippen molar-refractivity contribution < 1.29 is 14.7 Å². The third-order valence-corrected chi connectivity index (χ3v) is 2.64. The molecule has 8 heteroatoms. The highest BCUT2D eigenvalue weighted by Gasteiger charge is 2.24. The second kappa shape index (κ2) is 4.91. The first-order chi connectivity index (χ1) is 8.16. The summed E-state index contributed by atoms with van der Waals surface area (Å²) in [4.78, 5) is 29.6. The molecule has 1 aliphatic heterocycles. The number of rotatable bonds is 3. The lowest BCUT2D eigenvalue weighted by atomic mass is 10.3. The molecule has 0 aromatic carbocycles. The van der Waals surface area contributed by atoms with E-state index in [1.165, 1.54) is 6.33 Å². The number of nitrogens with zero attached hydrogens (tertiary/aromatic N) is 4. The van der Waals surface area contributed by atoms with E-state index in [4.69, 9.17) is 5.11 Å². The molecule has 1 aliphatic rings. The van der Waals surface area contributed by atoms with Crippen molar-refractivity contribution in [3.63, 3.8) is 0 Å². The van der Waals surface area contributed by atoms with Crippen molar-refractivity contribution in [2.45, 2.75) is 0 Å². The zero-order chi connectivity index (χ0) is 12.3. The topological polar surface area (TPSA) is 102 Å². The Hall–Kier alpha value is -1.96. The average Bonchev–Trinajstić information content (AvgIpc) is 2.82. The van der Waals surface area contributed by atoms with Gasteiger partial charge in [-0.2, -0.15) is 5.10 Å². The van der Waals surface area contributed by atoms with E-state index in [9.17, 15) is 9.59 Å². The zero-order valence-corrected chi connectivity index (χ0v) is 9.17. The van der Waals surface area contributed by atoms with Crippen LogP contribution >= 0.6 is 0 Å². The Morgan fingerprint density at radius 3 is 2.59 bits per heavy atom. The van der Waals surface area contributed by atoms with Crippen LogP contribution < -0.4 is 0 Å². The molecular formula is C9H13N5O3. The van der Waals surface area contributed by atoms with E-state index in [0.717, 1.165) is 0 Å². The number of H-pyrrole nitrogens is 1. The monoisotopic (exact) mass is 239 g/mol. The van der Waals surface area contributed by atoms with Crippen molar-refractivity contribution in [1.29, 1.82) is 0 Å². The fourth-order valence-corrected chi connectivity index (χ4v) is 1.76. The quantitative estimate of drug-likeness (QED) is 0.676. The van der Waals surface area contributed by atoms with E-state index >= 15 is 0 Å². The van der Waals surface area contributed by atoms with Gasteiger partial charge in [-0.3, -0.25) is 19.6 Å². The molecule has 1 aromatic heterocycles. The standard InChI is InChI=1S/C9H13N5O3/c15-7(16)5-13-1-3-14(4-2-13)9(17)8-10-6-11-12-8/h6H,1-5H2,(H,15,16)(H,10,11,12). The van der Waals surface area contributed by atoms with Gasteiger partial charge in [0.05, 0.1) is 6.54 Å². The molecule has 17 heavy (non-hydrogen) atoms. The van der Waals surface area contributed by atoms with Gasteiger partial charge in [0.25, 0.3) is 5.91 Å². The first kappa shape index (κ1) is 11.5. The molecule has 0 spiro atoms. The summed E-state index contributed by atoms with van der Waals surface area (Å²) >= 11 is 0. The number of carbonyl (C=O) groups excluding carboxylic acids is 1. The normalized spacial score (nSPS) is 17.1. The van der Waals surface area contributed by atoms with Gasteiger partial charge in [0, 0.05) is 26.2 Å². The van der Waals surface area contributed by atoms with Crippen LogP contribution in [0.3, 0.4) is 0 Å². The largest absolute Gasteiger partial charge is 0.480 e. The maximum Gasteiger partial charge on any atom is 0.317 e. The molecule has 0 radical (unpaired) electrons. The van der Waals surface area contributed by atoms with Crippen molar-refractivity contribution in [3.05, 3.63) is 12.2 Å². The summed E-state index contributed by atoms with van der Waals surface area (Å²) in [5.74, 6) is -0.825. The average molecular weight is 239 g/mol. The smallest absolute Gasteiger partial charge is 0.317 e. The number of aromatic nitrogens is 3. The Kier molecular flexibility index (Phi) is 3.33. The predicted octanol–water partition coefficient (Wildman–Crippen LogP) is -1.35. The minimum atomic E-state index is -0.847. The summed E-state index contributed by atoms with van der Waals surface area (Å²) in [6.45, 7) is 2.16. The molecule has 1 saturated heterocycles. The number of aromatic amines is 1. The van der Waals surface area contributed by atoms with E-state index in [-0.39, 0.29) is 18.3 Å². The van der Waals surface area contributed by atoms with Crippen LogP contribution in [0.4, 0.5) is 0 Å². The molecule has 2 rings (SSSR count). The van der Waals surface area contributed by atoms with E-state index < -0.39 is 5.97 Å². The van der Waals surface area contributed by atoms with Crippen LogP contribution in [0.1, 0.15) is 10.6 Å². The zero-order valence-electron chi connectivity index (χ0n) is 9.17. The predicted molar refractivity (Wildman–Crippen MR) is 56.4 cm³/mol. The number of piperazine rings is 1.